The van der Waals surface area contributed by atoms with Gasteiger partial charge in [0.25, 0.3) is 5.91 Å². The average molecular weight is 407 g/mol. The molecule has 1 atom stereocenters. The van der Waals surface area contributed by atoms with E-state index in [1.165, 1.54) is 11.8 Å². The van der Waals surface area contributed by atoms with E-state index in [4.69, 9.17) is 10.5 Å². The van der Waals surface area contributed by atoms with Gasteiger partial charge in [0.15, 0.2) is 5.50 Å². The van der Waals surface area contributed by atoms with Gasteiger partial charge in [-0.3, -0.25) is 4.79 Å². The molecule has 7 nitrogen and oxygen atoms in total. The van der Waals surface area contributed by atoms with Crippen LogP contribution in [0.5, 0.6) is 5.75 Å². The van der Waals surface area contributed by atoms with E-state index < -0.39 is 5.91 Å². The number of nitrogens with zero attached hydrogens (tertiary/aromatic N) is 4. The van der Waals surface area contributed by atoms with Crippen molar-refractivity contribution in [3.8, 4) is 5.75 Å². The molecule has 2 heterocycles. The second-order valence-corrected chi connectivity index (χ2v) is 7.69. The van der Waals surface area contributed by atoms with E-state index in [1.807, 2.05) is 61.7 Å². The Balaban J connectivity index is 1.53. The van der Waals surface area contributed by atoms with Crippen molar-refractivity contribution in [3.63, 3.8) is 0 Å². The SMILES string of the molecule is CC1=C(C(N)=O)SC(n2cc(COc3ccccc3)nn2)N1Cc1ccccc1. The molecule has 0 saturated heterocycles. The number of ether oxygens (including phenoxy) is 1. The summed E-state index contributed by atoms with van der Waals surface area (Å²) in [4.78, 5) is 14.6. The highest BCUT2D eigenvalue weighted by Crippen LogP contribution is 2.44. The predicted molar refractivity (Wildman–Crippen MR) is 111 cm³/mol. The highest BCUT2D eigenvalue weighted by Gasteiger charge is 2.34. The number of primary amides is 1. The van der Waals surface area contributed by atoms with E-state index in [1.54, 1.807) is 4.68 Å². The van der Waals surface area contributed by atoms with Crippen LogP contribution in [0.25, 0.3) is 0 Å². The lowest BCUT2D eigenvalue weighted by molar-refractivity contribution is -0.114. The number of amides is 1. The molecule has 8 heteroatoms. The molecule has 3 aromatic rings. The summed E-state index contributed by atoms with van der Waals surface area (Å²) in [6, 6.07) is 19.6. The van der Waals surface area contributed by atoms with Gasteiger partial charge in [-0.15, -0.1) is 5.10 Å². The van der Waals surface area contributed by atoms with Gasteiger partial charge in [-0.25, -0.2) is 4.68 Å². The van der Waals surface area contributed by atoms with E-state index in [2.05, 4.69) is 27.3 Å². The molecular weight excluding hydrogens is 386 g/mol. The highest BCUT2D eigenvalue weighted by atomic mass is 32.2. The van der Waals surface area contributed by atoms with E-state index in [0.29, 0.717) is 23.8 Å². The summed E-state index contributed by atoms with van der Waals surface area (Å²) >= 11 is 1.39. The molecule has 2 N–H and O–H groups in total. The van der Waals surface area contributed by atoms with Crippen LogP contribution in [0.2, 0.25) is 0 Å². The topological polar surface area (TPSA) is 86.3 Å². The zero-order valence-corrected chi connectivity index (χ0v) is 16.7. The Morgan fingerprint density at radius 1 is 1.14 bits per heavy atom. The van der Waals surface area contributed by atoms with Crippen molar-refractivity contribution in [1.82, 2.24) is 19.9 Å². The lowest BCUT2D eigenvalue weighted by atomic mass is 10.2. The number of hydrogen-bond acceptors (Lipinski definition) is 6. The first-order valence-electron chi connectivity index (χ1n) is 9.18. The zero-order valence-electron chi connectivity index (χ0n) is 15.9. The number of benzene rings is 2. The number of carbonyl (C=O) groups excluding carboxylic acids is 1. The molecular formula is C21H21N5O2S. The van der Waals surface area contributed by atoms with Crippen LogP contribution in [-0.2, 0) is 17.9 Å². The Morgan fingerprint density at radius 2 is 1.83 bits per heavy atom. The second-order valence-electron chi connectivity index (χ2n) is 6.63. The second kappa shape index (κ2) is 8.40. The van der Waals surface area contributed by atoms with Gasteiger partial charge in [-0.05, 0) is 24.6 Å². The Bertz CT molecular complexity index is 1020. The van der Waals surface area contributed by atoms with Gasteiger partial charge in [0.1, 0.15) is 18.1 Å². The molecule has 148 valence electrons. The first-order chi connectivity index (χ1) is 14.1. The summed E-state index contributed by atoms with van der Waals surface area (Å²) < 4.78 is 7.50. The molecule has 29 heavy (non-hydrogen) atoms. The van der Waals surface area contributed by atoms with Crippen molar-refractivity contribution in [3.05, 3.63) is 88.7 Å². The van der Waals surface area contributed by atoms with Gasteiger partial charge >= 0.3 is 0 Å². The minimum absolute atomic E-state index is 0.240. The van der Waals surface area contributed by atoms with Crippen LogP contribution in [0.3, 0.4) is 0 Å². The van der Waals surface area contributed by atoms with Crippen molar-refractivity contribution in [2.24, 2.45) is 5.73 Å². The van der Waals surface area contributed by atoms with E-state index >= 15 is 0 Å². The summed E-state index contributed by atoms with van der Waals surface area (Å²) in [5.74, 6) is 0.345. The van der Waals surface area contributed by atoms with Gasteiger partial charge in [-0.1, -0.05) is 65.5 Å². The third kappa shape index (κ3) is 4.27. The van der Waals surface area contributed by atoms with Crippen LogP contribution >= 0.6 is 11.8 Å². The third-order valence-electron chi connectivity index (χ3n) is 4.58. The number of carbonyl (C=O) groups is 1. The number of hydrogen-bond donors (Lipinski definition) is 1. The van der Waals surface area contributed by atoms with E-state index in [9.17, 15) is 4.79 Å². The molecule has 0 radical (unpaired) electrons. The zero-order chi connectivity index (χ0) is 20.2. The van der Waals surface area contributed by atoms with E-state index in [0.717, 1.165) is 17.0 Å². The fourth-order valence-electron chi connectivity index (χ4n) is 3.12. The van der Waals surface area contributed by atoms with Crippen molar-refractivity contribution < 1.29 is 9.53 Å². The number of thioether (sulfide) groups is 1. The molecule has 0 spiro atoms. The standard InChI is InChI=1S/C21H21N5O2S/c1-15-19(20(22)27)29-21(25(15)12-16-8-4-2-5-9-16)26-13-17(23-24-26)14-28-18-10-6-3-7-11-18/h2-11,13,21H,12,14H2,1H3,(H2,22,27). The molecule has 1 aliphatic rings. The smallest absolute Gasteiger partial charge is 0.257 e. The van der Waals surface area contributed by atoms with Crippen molar-refractivity contribution in [2.45, 2.75) is 25.6 Å². The summed E-state index contributed by atoms with van der Waals surface area (Å²) in [6.45, 7) is 2.86. The van der Waals surface area contributed by atoms with Crippen LogP contribution in [0.4, 0.5) is 0 Å². The summed E-state index contributed by atoms with van der Waals surface area (Å²) in [5.41, 5.74) is 8.04. The molecule has 4 rings (SSSR count). The molecule has 0 bridgehead atoms. The van der Waals surface area contributed by atoms with Gasteiger partial charge in [0.2, 0.25) is 0 Å². The summed E-state index contributed by atoms with van der Waals surface area (Å²) in [6.07, 6.45) is 1.84. The molecule has 1 unspecified atom stereocenters. The fourth-order valence-corrected chi connectivity index (χ4v) is 4.31. The first-order valence-corrected chi connectivity index (χ1v) is 10.1. The van der Waals surface area contributed by atoms with Crippen molar-refractivity contribution in [2.75, 3.05) is 0 Å². The first kappa shape index (κ1) is 19.1. The maximum Gasteiger partial charge on any atom is 0.257 e. The number of rotatable bonds is 7. The average Bonchev–Trinajstić information content (AvgIpc) is 3.33. The minimum atomic E-state index is -0.430. The van der Waals surface area contributed by atoms with Crippen LogP contribution in [-0.4, -0.2) is 25.8 Å². The van der Waals surface area contributed by atoms with E-state index in [-0.39, 0.29) is 5.50 Å². The highest BCUT2D eigenvalue weighted by molar-refractivity contribution is 8.04. The van der Waals surface area contributed by atoms with Gasteiger partial charge in [-0.2, -0.15) is 0 Å². The monoisotopic (exact) mass is 407 g/mol. The molecule has 1 aromatic heterocycles. The number of nitrogens with two attached hydrogens (primary N) is 1. The number of allylic oxidation sites excluding steroid dienone is 1. The van der Waals surface area contributed by atoms with Crippen LogP contribution in [0, 0.1) is 0 Å². The molecule has 0 aliphatic carbocycles. The normalized spacial score (nSPS) is 16.3. The predicted octanol–water partition coefficient (Wildman–Crippen LogP) is 3.28. The van der Waals surface area contributed by atoms with Crippen molar-refractivity contribution >= 4 is 17.7 Å². The molecule has 1 amide bonds. The van der Waals surface area contributed by atoms with Crippen LogP contribution in [0.15, 0.2) is 77.5 Å². The molecule has 0 fully saturated rings. The van der Waals surface area contributed by atoms with Crippen LogP contribution in [0.1, 0.15) is 23.7 Å². The number of aromatic nitrogens is 3. The third-order valence-corrected chi connectivity index (χ3v) is 6.00. The van der Waals surface area contributed by atoms with Crippen molar-refractivity contribution in [1.29, 1.82) is 0 Å². The number of para-hydroxylation sites is 1. The van der Waals surface area contributed by atoms with Gasteiger partial charge in [0.05, 0.1) is 11.1 Å². The van der Waals surface area contributed by atoms with Gasteiger partial charge in [0, 0.05) is 12.2 Å². The van der Waals surface area contributed by atoms with Crippen LogP contribution < -0.4 is 10.5 Å². The Kier molecular flexibility index (Phi) is 5.53. The summed E-state index contributed by atoms with van der Waals surface area (Å²) in [5, 5.41) is 8.50. The summed E-state index contributed by atoms with van der Waals surface area (Å²) in [7, 11) is 0. The van der Waals surface area contributed by atoms with Gasteiger partial charge < -0.3 is 15.4 Å². The largest absolute Gasteiger partial charge is 0.487 e. The fraction of sp³-hybridized carbons (Fsp3) is 0.190. The Morgan fingerprint density at radius 3 is 2.52 bits per heavy atom. The maximum atomic E-state index is 11.9. The Labute approximate surface area is 173 Å². The lowest BCUT2D eigenvalue weighted by Gasteiger charge is -2.27. The quantitative estimate of drug-likeness (QED) is 0.647. The minimum Gasteiger partial charge on any atom is -0.487 e. The maximum absolute atomic E-state index is 11.9. The molecule has 1 aliphatic heterocycles. The Hall–Kier alpha value is -3.26. The molecule has 0 saturated carbocycles. The lowest BCUT2D eigenvalue weighted by Crippen LogP contribution is -2.26. The molecule has 2 aromatic carbocycles.